The molecule has 1 saturated heterocycles. The summed E-state index contributed by atoms with van der Waals surface area (Å²) in [6.07, 6.45) is -5.00. The van der Waals surface area contributed by atoms with E-state index in [9.17, 15) is 13.2 Å². The van der Waals surface area contributed by atoms with E-state index in [1.807, 2.05) is 59.5 Å². The number of rotatable bonds is 4. The van der Waals surface area contributed by atoms with Crippen LogP contribution in [0.2, 0.25) is 0 Å². The summed E-state index contributed by atoms with van der Waals surface area (Å²) in [7, 11) is 0. The van der Waals surface area contributed by atoms with E-state index in [4.69, 9.17) is 0 Å². The van der Waals surface area contributed by atoms with Gasteiger partial charge in [0.25, 0.3) is 0 Å². The Bertz CT molecular complexity index is 659. The van der Waals surface area contributed by atoms with Crippen LogP contribution in [0.3, 0.4) is 0 Å². The molecule has 0 saturated carbocycles. The predicted octanol–water partition coefficient (Wildman–Crippen LogP) is 5.10. The molecule has 0 aliphatic carbocycles. The molecule has 2 nitrogen and oxygen atoms in total. The molecule has 0 aromatic heterocycles. The summed E-state index contributed by atoms with van der Waals surface area (Å²) in [6.45, 7) is 2.73. The van der Waals surface area contributed by atoms with Gasteiger partial charge in [-0.3, -0.25) is 4.90 Å². The molecule has 1 aliphatic rings. The lowest BCUT2D eigenvalue weighted by atomic mass is 9.96. The molecular formula is C19H23Cl2F3N2. The first kappa shape index (κ1) is 22.8. The van der Waals surface area contributed by atoms with E-state index in [1.54, 1.807) is 0 Å². The average Bonchev–Trinajstić information content (AvgIpc) is 2.61. The summed E-state index contributed by atoms with van der Waals surface area (Å²) < 4.78 is 39.4. The fourth-order valence-corrected chi connectivity index (χ4v) is 3.23. The Labute approximate surface area is 164 Å². The Morgan fingerprint density at radius 2 is 1.50 bits per heavy atom. The third kappa shape index (κ3) is 6.16. The standard InChI is InChI=1S/C19H21F3N2.2ClH/c20-19(21,22)14-18(24-11-9-23-10-12-24)17-8-4-7-16(13-17)15-5-2-1-3-6-15;;/h1-8,13,18,23H,9-12,14H2;2*1H/t18-;;/m0../s1. The average molecular weight is 407 g/mol. The number of nitrogens with zero attached hydrogens (tertiary/aromatic N) is 1. The maximum Gasteiger partial charge on any atom is 0.390 e. The fourth-order valence-electron chi connectivity index (χ4n) is 3.23. The Morgan fingerprint density at radius 3 is 2.12 bits per heavy atom. The van der Waals surface area contributed by atoms with E-state index in [0.29, 0.717) is 13.1 Å². The lowest BCUT2D eigenvalue weighted by Crippen LogP contribution is -2.46. The summed E-state index contributed by atoms with van der Waals surface area (Å²) in [6, 6.07) is 16.6. The molecule has 2 aromatic rings. The first-order valence-corrected chi connectivity index (χ1v) is 8.20. The number of benzene rings is 2. The van der Waals surface area contributed by atoms with Gasteiger partial charge in [-0.15, -0.1) is 24.8 Å². The Balaban J connectivity index is 0.00000169. The quantitative estimate of drug-likeness (QED) is 0.759. The molecule has 26 heavy (non-hydrogen) atoms. The zero-order valence-electron chi connectivity index (χ0n) is 14.2. The van der Waals surface area contributed by atoms with E-state index in [0.717, 1.165) is 29.8 Å². The Kier molecular flexibility index (Phi) is 8.90. The van der Waals surface area contributed by atoms with Crippen molar-refractivity contribution in [1.29, 1.82) is 0 Å². The van der Waals surface area contributed by atoms with Gasteiger partial charge in [0.15, 0.2) is 0 Å². The first-order valence-electron chi connectivity index (χ1n) is 8.20. The normalized spacial score (nSPS) is 16.3. The van der Waals surface area contributed by atoms with Crippen LogP contribution in [0.15, 0.2) is 54.6 Å². The van der Waals surface area contributed by atoms with Gasteiger partial charge in [0.05, 0.1) is 6.42 Å². The van der Waals surface area contributed by atoms with Crippen LogP contribution in [0.1, 0.15) is 18.0 Å². The van der Waals surface area contributed by atoms with Gasteiger partial charge in [-0.05, 0) is 22.8 Å². The summed E-state index contributed by atoms with van der Waals surface area (Å²) in [4.78, 5) is 1.94. The smallest absolute Gasteiger partial charge is 0.314 e. The van der Waals surface area contributed by atoms with Crippen molar-refractivity contribution >= 4 is 24.8 Å². The van der Waals surface area contributed by atoms with Crippen LogP contribution in [0.5, 0.6) is 0 Å². The van der Waals surface area contributed by atoms with Crippen LogP contribution in [0.4, 0.5) is 13.2 Å². The number of halogens is 5. The first-order chi connectivity index (χ1) is 11.5. The molecular weight excluding hydrogens is 384 g/mol. The molecule has 1 heterocycles. The summed E-state index contributed by atoms with van der Waals surface area (Å²) in [5.74, 6) is 0. The summed E-state index contributed by atoms with van der Waals surface area (Å²) in [5, 5.41) is 3.20. The molecule has 0 spiro atoms. The molecule has 144 valence electrons. The highest BCUT2D eigenvalue weighted by molar-refractivity contribution is 5.85. The molecule has 1 fully saturated rings. The summed E-state index contributed by atoms with van der Waals surface area (Å²) in [5.41, 5.74) is 2.71. The maximum atomic E-state index is 13.1. The second-order valence-electron chi connectivity index (χ2n) is 6.11. The molecule has 7 heteroatoms. The van der Waals surface area contributed by atoms with E-state index in [-0.39, 0.29) is 24.8 Å². The van der Waals surface area contributed by atoms with Gasteiger partial charge >= 0.3 is 6.18 Å². The van der Waals surface area contributed by atoms with Crippen molar-refractivity contribution in [2.75, 3.05) is 26.2 Å². The molecule has 0 amide bonds. The number of nitrogens with one attached hydrogen (secondary N) is 1. The predicted molar refractivity (Wildman–Crippen MR) is 104 cm³/mol. The number of hydrogen-bond acceptors (Lipinski definition) is 2. The molecule has 0 radical (unpaired) electrons. The van der Waals surface area contributed by atoms with Crippen LogP contribution in [-0.2, 0) is 0 Å². The van der Waals surface area contributed by atoms with E-state index in [2.05, 4.69) is 5.32 Å². The molecule has 1 N–H and O–H groups in total. The minimum Gasteiger partial charge on any atom is -0.314 e. The number of piperazine rings is 1. The molecule has 1 atom stereocenters. The molecule has 0 unspecified atom stereocenters. The zero-order chi connectivity index (χ0) is 17.0. The highest BCUT2D eigenvalue weighted by Gasteiger charge is 2.36. The topological polar surface area (TPSA) is 15.3 Å². The van der Waals surface area contributed by atoms with Crippen molar-refractivity contribution in [2.45, 2.75) is 18.6 Å². The van der Waals surface area contributed by atoms with Crippen LogP contribution in [-0.4, -0.2) is 37.3 Å². The van der Waals surface area contributed by atoms with Gasteiger partial charge in [0.2, 0.25) is 0 Å². The van der Waals surface area contributed by atoms with Gasteiger partial charge in [-0.2, -0.15) is 13.2 Å². The molecule has 0 bridgehead atoms. The van der Waals surface area contributed by atoms with Crippen LogP contribution in [0, 0.1) is 0 Å². The lowest BCUT2D eigenvalue weighted by Gasteiger charge is -2.35. The van der Waals surface area contributed by atoms with Crippen molar-refractivity contribution in [1.82, 2.24) is 10.2 Å². The molecule has 1 aliphatic heterocycles. The molecule has 3 rings (SSSR count). The van der Waals surface area contributed by atoms with E-state index < -0.39 is 18.6 Å². The third-order valence-corrected chi connectivity index (χ3v) is 4.40. The Morgan fingerprint density at radius 1 is 0.885 bits per heavy atom. The van der Waals surface area contributed by atoms with Crippen molar-refractivity contribution in [2.24, 2.45) is 0 Å². The van der Waals surface area contributed by atoms with Crippen molar-refractivity contribution < 1.29 is 13.2 Å². The Hall–Kier alpha value is -1.27. The minimum absolute atomic E-state index is 0. The van der Waals surface area contributed by atoms with Crippen LogP contribution < -0.4 is 5.32 Å². The van der Waals surface area contributed by atoms with Crippen molar-refractivity contribution in [3.8, 4) is 11.1 Å². The minimum atomic E-state index is -4.18. The second-order valence-corrected chi connectivity index (χ2v) is 6.11. The van der Waals surface area contributed by atoms with E-state index in [1.165, 1.54) is 0 Å². The van der Waals surface area contributed by atoms with Gasteiger partial charge < -0.3 is 5.32 Å². The largest absolute Gasteiger partial charge is 0.390 e. The van der Waals surface area contributed by atoms with Gasteiger partial charge in [0, 0.05) is 32.2 Å². The maximum absolute atomic E-state index is 13.1. The van der Waals surface area contributed by atoms with Gasteiger partial charge in [-0.1, -0.05) is 48.5 Å². The van der Waals surface area contributed by atoms with Crippen molar-refractivity contribution in [3.05, 3.63) is 60.2 Å². The highest BCUT2D eigenvalue weighted by atomic mass is 35.5. The fraction of sp³-hybridized carbons (Fsp3) is 0.368. The number of hydrogen-bond donors (Lipinski definition) is 1. The summed E-state index contributed by atoms with van der Waals surface area (Å²) >= 11 is 0. The molecule has 2 aromatic carbocycles. The van der Waals surface area contributed by atoms with Crippen LogP contribution in [0.25, 0.3) is 11.1 Å². The highest BCUT2D eigenvalue weighted by Crippen LogP contribution is 2.35. The van der Waals surface area contributed by atoms with Crippen LogP contribution >= 0.6 is 24.8 Å². The van der Waals surface area contributed by atoms with Gasteiger partial charge in [-0.25, -0.2) is 0 Å². The SMILES string of the molecule is Cl.Cl.FC(F)(F)C[C@@H](c1cccc(-c2ccccc2)c1)N1CCNCC1. The zero-order valence-corrected chi connectivity index (χ0v) is 15.8. The van der Waals surface area contributed by atoms with Crippen molar-refractivity contribution in [3.63, 3.8) is 0 Å². The van der Waals surface area contributed by atoms with E-state index >= 15 is 0 Å². The monoisotopic (exact) mass is 406 g/mol. The third-order valence-electron chi connectivity index (χ3n) is 4.40. The number of alkyl halides is 3. The lowest BCUT2D eigenvalue weighted by molar-refractivity contribution is -0.148. The van der Waals surface area contributed by atoms with Gasteiger partial charge in [0.1, 0.15) is 0 Å². The second kappa shape index (κ2) is 10.2.